The number of aryl methyl sites for hydroxylation is 1. The van der Waals surface area contributed by atoms with E-state index in [0.717, 1.165) is 0 Å². The molecule has 1 aromatic carbocycles. The fourth-order valence-electron chi connectivity index (χ4n) is 2.05. The first-order valence-electron chi connectivity index (χ1n) is 7.03. The van der Waals surface area contributed by atoms with Gasteiger partial charge in [-0.15, -0.1) is 0 Å². The highest BCUT2D eigenvalue weighted by Gasteiger charge is 2.19. The Morgan fingerprint density at radius 3 is 2.83 bits per heavy atom. The summed E-state index contributed by atoms with van der Waals surface area (Å²) in [6, 6.07) is 5.66. The molecule has 0 N–H and O–H groups in total. The lowest BCUT2D eigenvalue weighted by Gasteiger charge is -2.22. The van der Waals surface area contributed by atoms with Crippen LogP contribution in [-0.4, -0.2) is 41.0 Å². The molecule has 1 amide bonds. The van der Waals surface area contributed by atoms with Crippen LogP contribution in [0.3, 0.4) is 0 Å². The van der Waals surface area contributed by atoms with E-state index in [9.17, 15) is 9.18 Å². The van der Waals surface area contributed by atoms with Crippen molar-refractivity contribution in [2.45, 2.75) is 13.5 Å². The number of carbonyl (C=O) groups excluding carboxylic acids is 1. The predicted octanol–water partition coefficient (Wildman–Crippen LogP) is 2.87. The van der Waals surface area contributed by atoms with Crippen molar-refractivity contribution in [1.29, 1.82) is 0 Å². The second-order valence-electron chi connectivity index (χ2n) is 4.94. The molecule has 0 aliphatic heterocycles. The monoisotopic (exact) mass is 337 g/mol. The van der Waals surface area contributed by atoms with Gasteiger partial charge in [-0.05, 0) is 30.7 Å². The quantitative estimate of drug-likeness (QED) is 0.813. The zero-order valence-electron chi connectivity index (χ0n) is 12.9. The van der Waals surface area contributed by atoms with E-state index in [-0.39, 0.29) is 17.5 Å². The van der Waals surface area contributed by atoms with Gasteiger partial charge in [-0.3, -0.25) is 4.79 Å². The van der Waals surface area contributed by atoms with Gasteiger partial charge >= 0.3 is 0 Å². The third-order valence-electron chi connectivity index (χ3n) is 3.22. The van der Waals surface area contributed by atoms with Gasteiger partial charge in [-0.2, -0.15) is 0 Å². The number of amides is 1. The Labute approximate surface area is 139 Å². The summed E-state index contributed by atoms with van der Waals surface area (Å²) in [6.07, 6.45) is 1.54. The standard InChI is InChI=1S/C16H17ClFN3O2/c1-11-19-6-5-15(20-11)16(22)21(7-8-23-2)10-12-3-4-13(18)9-14(12)17/h3-6,9H,7-8,10H2,1-2H3. The lowest BCUT2D eigenvalue weighted by atomic mass is 10.2. The average Bonchev–Trinajstić information content (AvgIpc) is 2.52. The molecule has 0 fully saturated rings. The van der Waals surface area contributed by atoms with Crippen LogP contribution in [-0.2, 0) is 11.3 Å². The third kappa shape index (κ3) is 4.71. The first-order valence-corrected chi connectivity index (χ1v) is 7.41. The SMILES string of the molecule is COCCN(Cc1ccc(F)cc1Cl)C(=O)c1ccnc(C)n1. The minimum absolute atomic E-state index is 0.240. The number of methoxy groups -OCH3 is 1. The highest BCUT2D eigenvalue weighted by molar-refractivity contribution is 6.31. The summed E-state index contributed by atoms with van der Waals surface area (Å²) in [4.78, 5) is 22.3. The zero-order valence-corrected chi connectivity index (χ0v) is 13.7. The maximum atomic E-state index is 13.2. The van der Waals surface area contributed by atoms with E-state index in [1.54, 1.807) is 31.1 Å². The number of carbonyl (C=O) groups is 1. The Kier molecular flexibility index (Phi) is 6.01. The minimum atomic E-state index is -0.417. The van der Waals surface area contributed by atoms with Crippen LogP contribution in [0.25, 0.3) is 0 Å². The zero-order chi connectivity index (χ0) is 16.8. The molecule has 7 heteroatoms. The number of rotatable bonds is 6. The summed E-state index contributed by atoms with van der Waals surface area (Å²) in [5.41, 5.74) is 0.954. The van der Waals surface area contributed by atoms with Gasteiger partial charge in [0.25, 0.3) is 5.91 Å². The smallest absolute Gasteiger partial charge is 0.272 e. The molecule has 2 aromatic rings. The summed E-state index contributed by atoms with van der Waals surface area (Å²) in [5, 5.41) is 0.277. The lowest BCUT2D eigenvalue weighted by molar-refractivity contribution is 0.0674. The molecule has 0 unspecified atom stereocenters. The average molecular weight is 338 g/mol. The highest BCUT2D eigenvalue weighted by Crippen LogP contribution is 2.19. The van der Waals surface area contributed by atoms with Gasteiger partial charge in [0.05, 0.1) is 6.61 Å². The molecule has 0 atom stereocenters. The fourth-order valence-corrected chi connectivity index (χ4v) is 2.27. The van der Waals surface area contributed by atoms with E-state index in [2.05, 4.69) is 9.97 Å². The van der Waals surface area contributed by atoms with Crippen molar-refractivity contribution in [3.63, 3.8) is 0 Å². The summed E-state index contributed by atoms with van der Waals surface area (Å²) in [6.45, 7) is 2.69. The van der Waals surface area contributed by atoms with Crippen molar-refractivity contribution >= 4 is 17.5 Å². The van der Waals surface area contributed by atoms with Crippen LogP contribution in [0.4, 0.5) is 4.39 Å². The largest absolute Gasteiger partial charge is 0.383 e. The molecule has 1 heterocycles. The second-order valence-corrected chi connectivity index (χ2v) is 5.35. The first-order chi connectivity index (χ1) is 11.0. The van der Waals surface area contributed by atoms with E-state index >= 15 is 0 Å². The molecule has 0 aliphatic rings. The molecule has 0 saturated heterocycles. The molecular weight excluding hydrogens is 321 g/mol. The molecule has 0 bridgehead atoms. The van der Waals surface area contributed by atoms with Gasteiger partial charge < -0.3 is 9.64 Å². The topological polar surface area (TPSA) is 55.3 Å². The maximum absolute atomic E-state index is 13.2. The van der Waals surface area contributed by atoms with Crippen molar-refractivity contribution < 1.29 is 13.9 Å². The number of aromatic nitrogens is 2. The van der Waals surface area contributed by atoms with Crippen LogP contribution in [0.1, 0.15) is 21.9 Å². The summed E-state index contributed by atoms with van der Waals surface area (Å²) < 4.78 is 18.2. The number of hydrogen-bond donors (Lipinski definition) is 0. The fraction of sp³-hybridized carbons (Fsp3) is 0.312. The molecule has 122 valence electrons. The van der Waals surface area contributed by atoms with Crippen molar-refractivity contribution in [3.05, 3.63) is 58.4 Å². The van der Waals surface area contributed by atoms with Gasteiger partial charge in [0.15, 0.2) is 0 Å². The highest BCUT2D eigenvalue weighted by atomic mass is 35.5. The molecule has 0 aliphatic carbocycles. The molecule has 1 aromatic heterocycles. The number of hydrogen-bond acceptors (Lipinski definition) is 4. The van der Waals surface area contributed by atoms with Crippen LogP contribution < -0.4 is 0 Å². The van der Waals surface area contributed by atoms with Gasteiger partial charge in [-0.1, -0.05) is 17.7 Å². The Bertz CT molecular complexity index is 697. The molecule has 5 nitrogen and oxygen atoms in total. The number of ether oxygens (including phenoxy) is 1. The summed E-state index contributed by atoms with van der Waals surface area (Å²) in [7, 11) is 1.56. The molecule has 23 heavy (non-hydrogen) atoms. The van der Waals surface area contributed by atoms with E-state index in [4.69, 9.17) is 16.3 Å². The third-order valence-corrected chi connectivity index (χ3v) is 3.58. The minimum Gasteiger partial charge on any atom is -0.383 e. The van der Waals surface area contributed by atoms with Crippen LogP contribution in [0.5, 0.6) is 0 Å². The van der Waals surface area contributed by atoms with Gasteiger partial charge in [0.2, 0.25) is 0 Å². The molecule has 0 radical (unpaired) electrons. The molecular formula is C16H17ClFN3O2. The van der Waals surface area contributed by atoms with Crippen LogP contribution in [0.2, 0.25) is 5.02 Å². The van der Waals surface area contributed by atoms with E-state index in [1.807, 2.05) is 0 Å². The van der Waals surface area contributed by atoms with Crippen LogP contribution >= 0.6 is 11.6 Å². The Hall–Kier alpha value is -2.05. The van der Waals surface area contributed by atoms with Gasteiger partial charge in [0.1, 0.15) is 17.3 Å². The lowest BCUT2D eigenvalue weighted by Crippen LogP contribution is -2.34. The maximum Gasteiger partial charge on any atom is 0.272 e. The Morgan fingerprint density at radius 1 is 1.39 bits per heavy atom. The van der Waals surface area contributed by atoms with Crippen LogP contribution in [0.15, 0.2) is 30.5 Å². The molecule has 2 rings (SSSR count). The Balaban J connectivity index is 2.23. The molecule has 0 spiro atoms. The first kappa shape index (κ1) is 17.3. The number of nitrogens with zero attached hydrogens (tertiary/aromatic N) is 3. The molecule has 0 saturated carbocycles. The number of benzene rings is 1. The van der Waals surface area contributed by atoms with Crippen molar-refractivity contribution in [2.24, 2.45) is 0 Å². The predicted molar refractivity (Wildman–Crippen MR) is 84.8 cm³/mol. The van der Waals surface area contributed by atoms with E-state index in [0.29, 0.717) is 30.2 Å². The van der Waals surface area contributed by atoms with E-state index < -0.39 is 5.82 Å². The normalized spacial score (nSPS) is 10.6. The van der Waals surface area contributed by atoms with Gasteiger partial charge in [0, 0.05) is 31.4 Å². The van der Waals surface area contributed by atoms with Crippen molar-refractivity contribution in [3.8, 4) is 0 Å². The number of halogens is 2. The summed E-state index contributed by atoms with van der Waals surface area (Å²) >= 11 is 6.05. The Morgan fingerprint density at radius 2 is 2.17 bits per heavy atom. The van der Waals surface area contributed by atoms with Crippen molar-refractivity contribution in [1.82, 2.24) is 14.9 Å². The second kappa shape index (κ2) is 7.99. The van der Waals surface area contributed by atoms with Crippen molar-refractivity contribution in [2.75, 3.05) is 20.3 Å². The van der Waals surface area contributed by atoms with E-state index in [1.165, 1.54) is 18.3 Å². The summed E-state index contributed by atoms with van der Waals surface area (Å²) in [5.74, 6) is -0.157. The van der Waals surface area contributed by atoms with Crippen LogP contribution in [0, 0.1) is 12.7 Å². The van der Waals surface area contributed by atoms with Gasteiger partial charge in [-0.25, -0.2) is 14.4 Å².